The summed E-state index contributed by atoms with van der Waals surface area (Å²) in [6.07, 6.45) is 0.655. The zero-order valence-corrected chi connectivity index (χ0v) is 18.5. The van der Waals surface area contributed by atoms with Crippen molar-refractivity contribution in [2.75, 3.05) is 11.5 Å². The van der Waals surface area contributed by atoms with Crippen molar-refractivity contribution < 1.29 is 23.8 Å². The first-order valence-corrected chi connectivity index (χ1v) is 10.9. The Labute approximate surface area is 198 Å². The Kier molecular flexibility index (Phi) is 5.35. The summed E-state index contributed by atoms with van der Waals surface area (Å²) in [6, 6.07) is 14.0. The minimum Gasteiger partial charge on any atom is -0.507 e. The van der Waals surface area contributed by atoms with Crippen molar-refractivity contribution in [1.29, 1.82) is 0 Å². The number of ether oxygens (including phenoxy) is 1. The van der Waals surface area contributed by atoms with Gasteiger partial charge in [0.15, 0.2) is 0 Å². The van der Waals surface area contributed by atoms with E-state index in [1.54, 1.807) is 24.3 Å². The number of nitrogens with zero attached hydrogens (tertiary/aromatic N) is 1. The summed E-state index contributed by atoms with van der Waals surface area (Å²) in [5.41, 5.74) is 1.25. The average molecular weight is 484 g/mol. The maximum atomic E-state index is 14.9. The SMILES string of the molecule is O=C1C(=O)N(c2cc(Cl)cc(Cl)c2)C(c2ccccc2F)/C1=C(\O)c1ccc2c(c1)CCO2. The lowest BCUT2D eigenvalue weighted by atomic mass is 9.94. The van der Waals surface area contributed by atoms with Gasteiger partial charge >= 0.3 is 0 Å². The van der Waals surface area contributed by atoms with Crippen LogP contribution in [0.4, 0.5) is 10.1 Å². The minimum absolute atomic E-state index is 0.0545. The van der Waals surface area contributed by atoms with E-state index < -0.39 is 29.3 Å². The lowest BCUT2D eigenvalue weighted by Crippen LogP contribution is -2.29. The van der Waals surface area contributed by atoms with E-state index in [1.807, 2.05) is 0 Å². The van der Waals surface area contributed by atoms with Gasteiger partial charge in [-0.05, 0) is 48.0 Å². The molecule has 1 atom stereocenters. The van der Waals surface area contributed by atoms with Crippen LogP contribution in [0.15, 0.2) is 66.2 Å². The summed E-state index contributed by atoms with van der Waals surface area (Å²) < 4.78 is 20.4. The summed E-state index contributed by atoms with van der Waals surface area (Å²) in [5.74, 6) is -2.19. The summed E-state index contributed by atoms with van der Waals surface area (Å²) in [6.45, 7) is 0.523. The maximum Gasteiger partial charge on any atom is 0.300 e. The molecule has 0 aliphatic carbocycles. The highest BCUT2D eigenvalue weighted by atomic mass is 35.5. The number of hydrogen-bond donors (Lipinski definition) is 1. The van der Waals surface area contributed by atoms with E-state index in [2.05, 4.69) is 0 Å². The van der Waals surface area contributed by atoms with Crippen LogP contribution in [0.3, 0.4) is 0 Å². The second kappa shape index (κ2) is 8.21. The van der Waals surface area contributed by atoms with E-state index in [4.69, 9.17) is 27.9 Å². The van der Waals surface area contributed by atoms with Gasteiger partial charge in [0, 0.05) is 33.3 Å². The number of aliphatic hydroxyl groups excluding tert-OH is 1. The zero-order chi connectivity index (χ0) is 23.3. The summed E-state index contributed by atoms with van der Waals surface area (Å²) in [4.78, 5) is 27.5. The molecule has 3 aromatic carbocycles. The molecule has 166 valence electrons. The molecule has 5 rings (SSSR count). The third-order valence-electron chi connectivity index (χ3n) is 5.73. The summed E-state index contributed by atoms with van der Waals surface area (Å²) >= 11 is 12.3. The molecule has 1 amide bonds. The van der Waals surface area contributed by atoms with Crippen LogP contribution in [0, 0.1) is 5.82 Å². The molecule has 0 aromatic heterocycles. The van der Waals surface area contributed by atoms with Gasteiger partial charge in [-0.15, -0.1) is 0 Å². The lowest BCUT2D eigenvalue weighted by Gasteiger charge is -2.26. The van der Waals surface area contributed by atoms with Crippen LogP contribution < -0.4 is 9.64 Å². The topological polar surface area (TPSA) is 66.8 Å². The minimum atomic E-state index is -1.22. The molecule has 1 N–H and O–H groups in total. The summed E-state index contributed by atoms with van der Waals surface area (Å²) in [5, 5.41) is 11.7. The van der Waals surface area contributed by atoms with Crippen LogP contribution in [0.2, 0.25) is 10.0 Å². The first kappa shape index (κ1) is 21.5. The molecule has 0 bridgehead atoms. The van der Waals surface area contributed by atoms with Crippen LogP contribution in [0.25, 0.3) is 5.76 Å². The Morgan fingerprint density at radius 2 is 1.76 bits per heavy atom. The van der Waals surface area contributed by atoms with Gasteiger partial charge in [-0.3, -0.25) is 14.5 Å². The predicted molar refractivity (Wildman–Crippen MR) is 123 cm³/mol. The standard InChI is InChI=1S/C25H16Cl2FNO4/c26-15-10-16(27)12-17(11-15)29-22(18-3-1-2-4-19(18)28)21(24(31)25(29)32)23(30)14-5-6-20-13(9-14)7-8-33-20/h1-6,9-12,22,30H,7-8H2/b23-21+. The van der Waals surface area contributed by atoms with Crippen molar-refractivity contribution in [1.82, 2.24) is 0 Å². The Bertz CT molecular complexity index is 1330. The fourth-order valence-corrected chi connectivity index (χ4v) is 4.77. The normalized spacial score (nSPS) is 19.0. The molecule has 2 aliphatic rings. The van der Waals surface area contributed by atoms with Crippen LogP contribution >= 0.6 is 23.2 Å². The van der Waals surface area contributed by atoms with E-state index in [1.165, 1.54) is 36.4 Å². The van der Waals surface area contributed by atoms with Crippen molar-refractivity contribution in [3.63, 3.8) is 0 Å². The number of Topliss-reactive ketones (excluding diaryl/α,β-unsaturated/α-hetero) is 1. The van der Waals surface area contributed by atoms with Crippen LogP contribution in [0.5, 0.6) is 5.75 Å². The number of amides is 1. The Hall–Kier alpha value is -3.35. The number of fused-ring (bicyclic) bond motifs is 1. The van der Waals surface area contributed by atoms with Crippen LogP contribution in [0.1, 0.15) is 22.7 Å². The molecule has 0 saturated carbocycles. The zero-order valence-electron chi connectivity index (χ0n) is 17.0. The number of carbonyl (C=O) groups is 2. The van der Waals surface area contributed by atoms with E-state index in [-0.39, 0.29) is 26.9 Å². The van der Waals surface area contributed by atoms with Gasteiger partial charge in [-0.1, -0.05) is 41.4 Å². The monoisotopic (exact) mass is 483 g/mol. The van der Waals surface area contributed by atoms with Crippen molar-refractivity contribution in [3.05, 3.63) is 98.8 Å². The van der Waals surface area contributed by atoms with Gasteiger partial charge in [0.25, 0.3) is 11.7 Å². The second-order valence-corrected chi connectivity index (χ2v) is 8.61. The first-order chi connectivity index (χ1) is 15.8. The van der Waals surface area contributed by atoms with Gasteiger partial charge < -0.3 is 9.84 Å². The first-order valence-electron chi connectivity index (χ1n) is 10.1. The molecule has 2 aliphatic heterocycles. The number of rotatable bonds is 3. The highest BCUT2D eigenvalue weighted by molar-refractivity contribution is 6.52. The average Bonchev–Trinajstić information content (AvgIpc) is 3.35. The van der Waals surface area contributed by atoms with E-state index in [0.29, 0.717) is 24.3 Å². The highest BCUT2D eigenvalue weighted by Crippen LogP contribution is 2.44. The quantitative estimate of drug-likeness (QED) is 0.295. The van der Waals surface area contributed by atoms with E-state index in [9.17, 15) is 19.1 Å². The third kappa shape index (κ3) is 3.65. The fourth-order valence-electron chi connectivity index (χ4n) is 4.26. The number of halogens is 3. The van der Waals surface area contributed by atoms with Crippen LogP contribution in [-0.2, 0) is 16.0 Å². The van der Waals surface area contributed by atoms with Crippen molar-refractivity contribution in [2.24, 2.45) is 0 Å². The largest absolute Gasteiger partial charge is 0.507 e. The number of ketones is 1. The van der Waals surface area contributed by atoms with Gasteiger partial charge in [-0.2, -0.15) is 0 Å². The molecular formula is C25H16Cl2FNO4. The molecule has 0 spiro atoms. The number of hydrogen-bond acceptors (Lipinski definition) is 4. The van der Waals surface area contributed by atoms with Crippen LogP contribution in [-0.4, -0.2) is 23.4 Å². The number of benzene rings is 3. The molecule has 8 heteroatoms. The van der Waals surface area contributed by atoms with Gasteiger partial charge in [0.05, 0.1) is 18.2 Å². The maximum absolute atomic E-state index is 14.9. The predicted octanol–water partition coefficient (Wildman–Crippen LogP) is 5.69. The number of carbonyl (C=O) groups excluding carboxylic acids is 2. The molecule has 1 unspecified atom stereocenters. The van der Waals surface area contributed by atoms with Crippen molar-refractivity contribution >= 4 is 46.3 Å². The van der Waals surface area contributed by atoms with Gasteiger partial charge in [0.2, 0.25) is 0 Å². The van der Waals surface area contributed by atoms with E-state index >= 15 is 0 Å². The molecule has 33 heavy (non-hydrogen) atoms. The molecule has 5 nitrogen and oxygen atoms in total. The molecular weight excluding hydrogens is 468 g/mol. The third-order valence-corrected chi connectivity index (χ3v) is 6.17. The van der Waals surface area contributed by atoms with Crippen molar-refractivity contribution in [2.45, 2.75) is 12.5 Å². The Morgan fingerprint density at radius 1 is 1.03 bits per heavy atom. The smallest absolute Gasteiger partial charge is 0.300 e. The molecule has 3 aromatic rings. The van der Waals surface area contributed by atoms with Gasteiger partial charge in [-0.25, -0.2) is 4.39 Å². The molecule has 2 heterocycles. The Morgan fingerprint density at radius 3 is 2.48 bits per heavy atom. The molecule has 1 saturated heterocycles. The van der Waals surface area contributed by atoms with Crippen molar-refractivity contribution in [3.8, 4) is 5.75 Å². The second-order valence-electron chi connectivity index (χ2n) is 7.74. The lowest BCUT2D eigenvalue weighted by molar-refractivity contribution is -0.132. The highest BCUT2D eigenvalue weighted by Gasteiger charge is 2.48. The summed E-state index contributed by atoms with van der Waals surface area (Å²) in [7, 11) is 0. The van der Waals surface area contributed by atoms with E-state index in [0.717, 1.165) is 10.5 Å². The Balaban J connectivity index is 1.74. The fraction of sp³-hybridized carbons (Fsp3) is 0.120. The van der Waals surface area contributed by atoms with Gasteiger partial charge in [0.1, 0.15) is 17.3 Å². The number of anilines is 1. The molecule has 0 radical (unpaired) electrons. The number of aliphatic hydroxyl groups is 1. The molecule has 1 fully saturated rings.